The lowest BCUT2D eigenvalue weighted by Crippen LogP contribution is -2.45. The summed E-state index contributed by atoms with van der Waals surface area (Å²) >= 11 is 0. The van der Waals surface area contributed by atoms with Crippen molar-refractivity contribution in [2.45, 2.75) is 25.2 Å². The standard InChI is InChI=1S/C12H18N4O2/c13-9-10-1-4-14-15-11(10)16-5-2-12(3-6-16)17-7-8-18-12/h1,4H,2-3,5-9,13H2. The van der Waals surface area contributed by atoms with Crippen LogP contribution in [0.25, 0.3) is 0 Å². The Labute approximate surface area is 106 Å². The fourth-order valence-corrected chi connectivity index (χ4v) is 2.62. The van der Waals surface area contributed by atoms with Gasteiger partial charge >= 0.3 is 0 Å². The van der Waals surface area contributed by atoms with Crippen LogP contribution in [0.2, 0.25) is 0 Å². The van der Waals surface area contributed by atoms with Crippen molar-refractivity contribution in [2.75, 3.05) is 31.2 Å². The second-order valence-corrected chi connectivity index (χ2v) is 4.68. The Morgan fingerprint density at radius 2 is 2.00 bits per heavy atom. The zero-order valence-corrected chi connectivity index (χ0v) is 10.3. The highest BCUT2D eigenvalue weighted by molar-refractivity contribution is 5.45. The van der Waals surface area contributed by atoms with Gasteiger partial charge in [0.15, 0.2) is 11.6 Å². The molecule has 0 radical (unpaired) electrons. The molecular formula is C12H18N4O2. The van der Waals surface area contributed by atoms with Crippen molar-refractivity contribution in [3.05, 3.63) is 17.8 Å². The minimum atomic E-state index is -0.346. The van der Waals surface area contributed by atoms with Crippen molar-refractivity contribution in [1.29, 1.82) is 0 Å². The minimum absolute atomic E-state index is 0.346. The second-order valence-electron chi connectivity index (χ2n) is 4.68. The van der Waals surface area contributed by atoms with Gasteiger partial charge in [-0.1, -0.05) is 0 Å². The number of hydrogen-bond donors (Lipinski definition) is 1. The molecule has 0 atom stereocenters. The maximum atomic E-state index is 5.73. The first-order chi connectivity index (χ1) is 8.83. The molecule has 3 heterocycles. The van der Waals surface area contributed by atoms with Crippen LogP contribution in [-0.2, 0) is 16.0 Å². The molecular weight excluding hydrogens is 232 g/mol. The number of anilines is 1. The number of hydrogen-bond acceptors (Lipinski definition) is 6. The van der Waals surface area contributed by atoms with Crippen molar-refractivity contribution in [2.24, 2.45) is 5.73 Å². The Bertz CT molecular complexity index is 410. The molecule has 0 aliphatic carbocycles. The fraction of sp³-hybridized carbons (Fsp3) is 0.667. The molecule has 1 aromatic heterocycles. The summed E-state index contributed by atoms with van der Waals surface area (Å²) in [7, 11) is 0. The van der Waals surface area contributed by atoms with Crippen LogP contribution in [0.1, 0.15) is 18.4 Å². The second kappa shape index (κ2) is 4.79. The summed E-state index contributed by atoms with van der Waals surface area (Å²) in [4.78, 5) is 2.21. The van der Waals surface area contributed by atoms with Crippen LogP contribution in [0, 0.1) is 0 Å². The van der Waals surface area contributed by atoms with Gasteiger partial charge in [0, 0.05) is 38.0 Å². The highest BCUT2D eigenvalue weighted by Crippen LogP contribution is 2.33. The van der Waals surface area contributed by atoms with E-state index in [2.05, 4.69) is 15.1 Å². The third-order valence-electron chi connectivity index (χ3n) is 3.64. The summed E-state index contributed by atoms with van der Waals surface area (Å²) in [5.74, 6) is 0.551. The lowest BCUT2D eigenvalue weighted by Gasteiger charge is -2.38. The zero-order chi connectivity index (χ0) is 12.4. The smallest absolute Gasteiger partial charge is 0.171 e. The minimum Gasteiger partial charge on any atom is -0.354 e. The summed E-state index contributed by atoms with van der Waals surface area (Å²) < 4.78 is 11.4. The summed E-state index contributed by atoms with van der Waals surface area (Å²) in [5, 5.41) is 8.15. The van der Waals surface area contributed by atoms with Crippen LogP contribution in [0.15, 0.2) is 12.3 Å². The first-order valence-electron chi connectivity index (χ1n) is 6.36. The lowest BCUT2D eigenvalue weighted by atomic mass is 10.0. The monoisotopic (exact) mass is 250 g/mol. The third kappa shape index (κ3) is 2.07. The molecule has 18 heavy (non-hydrogen) atoms. The average Bonchev–Trinajstić information content (AvgIpc) is 2.88. The predicted molar refractivity (Wildman–Crippen MR) is 66.0 cm³/mol. The molecule has 1 spiro atoms. The topological polar surface area (TPSA) is 73.5 Å². The third-order valence-corrected chi connectivity index (χ3v) is 3.64. The van der Waals surface area contributed by atoms with Crippen LogP contribution in [0.4, 0.5) is 5.82 Å². The molecule has 6 heteroatoms. The van der Waals surface area contributed by atoms with E-state index in [1.165, 1.54) is 0 Å². The average molecular weight is 250 g/mol. The van der Waals surface area contributed by atoms with E-state index < -0.39 is 0 Å². The maximum absolute atomic E-state index is 5.73. The van der Waals surface area contributed by atoms with E-state index in [9.17, 15) is 0 Å². The molecule has 0 aromatic carbocycles. The molecule has 0 amide bonds. The molecule has 2 N–H and O–H groups in total. The van der Waals surface area contributed by atoms with E-state index in [1.54, 1.807) is 6.20 Å². The Balaban J connectivity index is 1.72. The first-order valence-corrected chi connectivity index (χ1v) is 6.36. The zero-order valence-electron chi connectivity index (χ0n) is 10.3. The Morgan fingerprint density at radius 3 is 2.67 bits per heavy atom. The summed E-state index contributed by atoms with van der Waals surface area (Å²) in [5.41, 5.74) is 6.77. The first kappa shape index (κ1) is 11.8. The molecule has 3 rings (SSSR count). The molecule has 2 aliphatic rings. The Hall–Kier alpha value is -1.24. The van der Waals surface area contributed by atoms with Gasteiger partial charge in [0.1, 0.15) is 0 Å². The molecule has 6 nitrogen and oxygen atoms in total. The van der Waals surface area contributed by atoms with Gasteiger partial charge in [0.25, 0.3) is 0 Å². The van der Waals surface area contributed by atoms with Gasteiger partial charge in [-0.3, -0.25) is 0 Å². The number of piperidine rings is 1. The van der Waals surface area contributed by atoms with E-state index in [0.717, 1.165) is 37.3 Å². The van der Waals surface area contributed by atoms with Crippen LogP contribution in [0.3, 0.4) is 0 Å². The van der Waals surface area contributed by atoms with Crippen molar-refractivity contribution in [3.63, 3.8) is 0 Å². The van der Waals surface area contributed by atoms with Crippen LogP contribution < -0.4 is 10.6 Å². The number of aromatic nitrogens is 2. The largest absolute Gasteiger partial charge is 0.354 e. The number of nitrogens with two attached hydrogens (primary N) is 1. The van der Waals surface area contributed by atoms with Gasteiger partial charge in [-0.25, -0.2) is 0 Å². The Kier molecular flexibility index (Phi) is 3.15. The normalized spacial score (nSPS) is 22.6. The van der Waals surface area contributed by atoms with Crippen LogP contribution >= 0.6 is 0 Å². The molecule has 0 saturated carbocycles. The lowest BCUT2D eigenvalue weighted by molar-refractivity contribution is -0.169. The van der Waals surface area contributed by atoms with E-state index in [-0.39, 0.29) is 5.79 Å². The van der Waals surface area contributed by atoms with Gasteiger partial charge in [0.05, 0.1) is 19.4 Å². The van der Waals surface area contributed by atoms with Crippen molar-refractivity contribution in [3.8, 4) is 0 Å². The van der Waals surface area contributed by atoms with E-state index in [4.69, 9.17) is 15.2 Å². The molecule has 2 fully saturated rings. The number of nitrogens with zero attached hydrogens (tertiary/aromatic N) is 3. The molecule has 0 unspecified atom stereocenters. The predicted octanol–water partition coefficient (Wildman–Crippen LogP) is 0.279. The van der Waals surface area contributed by atoms with Gasteiger partial charge in [0.2, 0.25) is 0 Å². The van der Waals surface area contributed by atoms with E-state index in [0.29, 0.717) is 19.8 Å². The quantitative estimate of drug-likeness (QED) is 0.812. The summed E-state index contributed by atoms with van der Waals surface area (Å²) in [6, 6.07) is 1.93. The van der Waals surface area contributed by atoms with Gasteiger partial charge in [-0.05, 0) is 6.07 Å². The van der Waals surface area contributed by atoms with E-state index in [1.807, 2.05) is 6.07 Å². The number of rotatable bonds is 2. The van der Waals surface area contributed by atoms with Gasteiger partial charge in [-0.15, -0.1) is 5.10 Å². The van der Waals surface area contributed by atoms with Crippen molar-refractivity contribution < 1.29 is 9.47 Å². The molecule has 2 saturated heterocycles. The highest BCUT2D eigenvalue weighted by atomic mass is 16.7. The van der Waals surface area contributed by atoms with Crippen molar-refractivity contribution in [1.82, 2.24) is 10.2 Å². The SMILES string of the molecule is NCc1ccnnc1N1CCC2(CC1)OCCO2. The van der Waals surface area contributed by atoms with Gasteiger partial charge < -0.3 is 20.1 Å². The summed E-state index contributed by atoms with van der Waals surface area (Å²) in [6.45, 7) is 3.63. The maximum Gasteiger partial charge on any atom is 0.171 e. The molecule has 0 bridgehead atoms. The van der Waals surface area contributed by atoms with Crippen LogP contribution in [0.5, 0.6) is 0 Å². The van der Waals surface area contributed by atoms with E-state index >= 15 is 0 Å². The Morgan fingerprint density at radius 1 is 1.28 bits per heavy atom. The molecule has 98 valence electrons. The van der Waals surface area contributed by atoms with Gasteiger partial charge in [-0.2, -0.15) is 5.10 Å². The highest BCUT2D eigenvalue weighted by Gasteiger charge is 2.40. The summed E-state index contributed by atoms with van der Waals surface area (Å²) in [6.07, 6.45) is 3.42. The van der Waals surface area contributed by atoms with Crippen LogP contribution in [-0.4, -0.2) is 42.3 Å². The van der Waals surface area contributed by atoms with Crippen molar-refractivity contribution >= 4 is 5.82 Å². The molecule has 1 aromatic rings. The molecule has 2 aliphatic heterocycles. The number of ether oxygens (including phenoxy) is 2. The fourth-order valence-electron chi connectivity index (χ4n) is 2.62.